The van der Waals surface area contributed by atoms with Gasteiger partial charge in [-0.25, -0.2) is 4.79 Å². The van der Waals surface area contributed by atoms with Gasteiger partial charge < -0.3 is 14.2 Å². The number of hydrogen-bond donors (Lipinski definition) is 0. The molecule has 0 radical (unpaired) electrons. The zero-order valence-corrected chi connectivity index (χ0v) is 13.4. The largest absolute Gasteiger partial charge is 0.445 e. The van der Waals surface area contributed by atoms with Crippen molar-refractivity contribution in [2.75, 3.05) is 13.2 Å². The summed E-state index contributed by atoms with van der Waals surface area (Å²) in [6, 6.07) is 19.5. The van der Waals surface area contributed by atoms with Crippen LogP contribution in [0.15, 0.2) is 60.7 Å². The van der Waals surface area contributed by atoms with Crippen LogP contribution in [0.1, 0.15) is 11.1 Å². The average molecular weight is 335 g/mol. The van der Waals surface area contributed by atoms with Gasteiger partial charge in [-0.15, -0.1) is 0 Å². The van der Waals surface area contributed by atoms with Gasteiger partial charge in [-0.05, 0) is 11.1 Å². The highest BCUT2D eigenvalue weighted by molar-refractivity contribution is 6.61. The van der Waals surface area contributed by atoms with Gasteiger partial charge in [0.1, 0.15) is 6.10 Å². The van der Waals surface area contributed by atoms with E-state index in [-0.39, 0.29) is 13.2 Å². The lowest BCUT2D eigenvalue weighted by molar-refractivity contribution is -0.0296. The van der Waals surface area contributed by atoms with Gasteiger partial charge in [0, 0.05) is 11.6 Å². The number of ether oxygens (including phenoxy) is 3. The van der Waals surface area contributed by atoms with Crippen LogP contribution >= 0.6 is 11.6 Å². The summed E-state index contributed by atoms with van der Waals surface area (Å²) >= 11 is 5.29. The standard InChI is InChI=1S/C18H19ClO4/c19-18(20)23-17(13-21-11-15-7-3-1-4-8-15)14-22-12-16-9-5-2-6-10-16/h1-10,17H,11-14H2. The molecule has 0 saturated carbocycles. The minimum atomic E-state index is -0.860. The average Bonchev–Trinajstić information content (AvgIpc) is 2.56. The molecule has 0 aliphatic heterocycles. The van der Waals surface area contributed by atoms with Crippen molar-refractivity contribution in [3.63, 3.8) is 0 Å². The lowest BCUT2D eigenvalue weighted by Crippen LogP contribution is -2.26. The molecule has 0 aliphatic carbocycles. The second kappa shape index (κ2) is 10.0. The molecule has 0 aromatic heterocycles. The first-order chi connectivity index (χ1) is 11.2. The SMILES string of the molecule is O=C(Cl)OC(COCc1ccccc1)COCc1ccccc1. The molecule has 4 nitrogen and oxygen atoms in total. The van der Waals surface area contributed by atoms with Gasteiger partial charge in [-0.3, -0.25) is 0 Å². The summed E-state index contributed by atoms with van der Waals surface area (Å²) in [5, 5.41) is 0. The van der Waals surface area contributed by atoms with Crippen molar-refractivity contribution in [3.8, 4) is 0 Å². The Morgan fingerprint density at radius 1 is 0.826 bits per heavy atom. The molecule has 23 heavy (non-hydrogen) atoms. The fourth-order valence-electron chi connectivity index (χ4n) is 2.01. The fourth-order valence-corrected chi connectivity index (χ4v) is 2.14. The van der Waals surface area contributed by atoms with E-state index in [1.54, 1.807) is 0 Å². The number of rotatable bonds is 9. The van der Waals surface area contributed by atoms with E-state index in [9.17, 15) is 4.79 Å². The van der Waals surface area contributed by atoms with Gasteiger partial charge in [-0.2, -0.15) is 0 Å². The van der Waals surface area contributed by atoms with Gasteiger partial charge in [-0.1, -0.05) is 60.7 Å². The third-order valence-electron chi connectivity index (χ3n) is 3.09. The van der Waals surface area contributed by atoms with E-state index in [4.69, 9.17) is 25.8 Å². The Morgan fingerprint density at radius 3 is 1.65 bits per heavy atom. The normalized spacial score (nSPS) is 10.7. The van der Waals surface area contributed by atoms with Crippen LogP contribution in [-0.4, -0.2) is 24.7 Å². The molecule has 0 atom stereocenters. The Balaban J connectivity index is 1.74. The number of hydrogen-bond acceptors (Lipinski definition) is 4. The quantitative estimate of drug-likeness (QED) is 0.646. The minimum Gasteiger partial charge on any atom is -0.445 e. The van der Waals surface area contributed by atoms with E-state index >= 15 is 0 Å². The van der Waals surface area contributed by atoms with Crippen LogP contribution in [0.3, 0.4) is 0 Å². The van der Waals surface area contributed by atoms with E-state index in [0.717, 1.165) is 11.1 Å². The number of carbonyl (C=O) groups excluding carboxylic acids is 1. The summed E-state index contributed by atoms with van der Waals surface area (Å²) < 4.78 is 16.1. The molecule has 0 heterocycles. The molecule has 0 saturated heterocycles. The van der Waals surface area contributed by atoms with Crippen LogP contribution in [0.4, 0.5) is 4.79 Å². The van der Waals surface area contributed by atoms with E-state index < -0.39 is 11.5 Å². The highest BCUT2D eigenvalue weighted by atomic mass is 35.5. The van der Waals surface area contributed by atoms with E-state index in [0.29, 0.717) is 13.2 Å². The predicted molar refractivity (Wildman–Crippen MR) is 88.3 cm³/mol. The van der Waals surface area contributed by atoms with Crippen LogP contribution in [0, 0.1) is 0 Å². The molecule has 2 aromatic carbocycles. The molecule has 0 amide bonds. The summed E-state index contributed by atoms with van der Waals surface area (Å²) in [5.41, 5.74) is 1.24. The summed E-state index contributed by atoms with van der Waals surface area (Å²) in [6.07, 6.45) is -0.535. The van der Waals surface area contributed by atoms with Gasteiger partial charge in [0.15, 0.2) is 0 Å². The first kappa shape index (κ1) is 17.5. The summed E-state index contributed by atoms with van der Waals surface area (Å²) in [7, 11) is 0. The van der Waals surface area contributed by atoms with Crippen LogP contribution in [0.25, 0.3) is 0 Å². The summed E-state index contributed by atoms with van der Waals surface area (Å²) in [4.78, 5) is 11.0. The molecule has 0 fully saturated rings. The number of carbonyl (C=O) groups is 1. The highest BCUT2D eigenvalue weighted by Crippen LogP contribution is 2.06. The Bertz CT molecular complexity index is 529. The third kappa shape index (κ3) is 7.28. The molecule has 0 spiro atoms. The van der Waals surface area contributed by atoms with Crippen molar-refractivity contribution in [2.24, 2.45) is 0 Å². The second-order valence-electron chi connectivity index (χ2n) is 4.98. The van der Waals surface area contributed by atoms with Crippen molar-refractivity contribution in [2.45, 2.75) is 19.3 Å². The van der Waals surface area contributed by atoms with Crippen LogP contribution in [0.5, 0.6) is 0 Å². The second-order valence-corrected chi connectivity index (χ2v) is 5.29. The Labute approximate surface area is 140 Å². The first-order valence-electron chi connectivity index (χ1n) is 7.33. The molecular formula is C18H19ClO4. The van der Waals surface area contributed by atoms with E-state index in [1.807, 2.05) is 60.7 Å². The molecule has 0 unspecified atom stereocenters. The van der Waals surface area contributed by atoms with Crippen LogP contribution in [-0.2, 0) is 27.4 Å². The maximum Gasteiger partial charge on any atom is 0.404 e. The molecule has 2 rings (SSSR count). The highest BCUT2D eigenvalue weighted by Gasteiger charge is 2.14. The monoisotopic (exact) mass is 334 g/mol. The maximum absolute atomic E-state index is 11.0. The molecular weight excluding hydrogens is 316 g/mol. The molecule has 5 heteroatoms. The summed E-state index contributed by atoms with van der Waals surface area (Å²) in [5.74, 6) is 0. The zero-order valence-electron chi connectivity index (χ0n) is 12.7. The van der Waals surface area contributed by atoms with Crippen LogP contribution in [0.2, 0.25) is 0 Å². The number of benzene rings is 2. The Hall–Kier alpha value is -1.88. The lowest BCUT2D eigenvalue weighted by Gasteiger charge is -2.16. The fraction of sp³-hybridized carbons (Fsp3) is 0.278. The van der Waals surface area contributed by atoms with Crippen molar-refractivity contribution in [1.29, 1.82) is 0 Å². The van der Waals surface area contributed by atoms with E-state index in [2.05, 4.69) is 0 Å². The topological polar surface area (TPSA) is 44.8 Å². The van der Waals surface area contributed by atoms with Crippen molar-refractivity contribution in [3.05, 3.63) is 71.8 Å². The van der Waals surface area contributed by atoms with Gasteiger partial charge in [0.25, 0.3) is 0 Å². The Kier molecular flexibility index (Phi) is 7.60. The molecule has 122 valence electrons. The smallest absolute Gasteiger partial charge is 0.404 e. The van der Waals surface area contributed by atoms with Crippen molar-refractivity contribution < 1.29 is 19.0 Å². The first-order valence-corrected chi connectivity index (χ1v) is 7.71. The molecule has 0 N–H and O–H groups in total. The zero-order chi connectivity index (χ0) is 16.3. The number of halogens is 1. The third-order valence-corrected chi connectivity index (χ3v) is 3.18. The predicted octanol–water partition coefficient (Wildman–Crippen LogP) is 4.16. The molecule has 0 aliphatic rings. The molecule has 2 aromatic rings. The Morgan fingerprint density at radius 2 is 1.26 bits per heavy atom. The van der Waals surface area contributed by atoms with E-state index in [1.165, 1.54) is 0 Å². The maximum atomic E-state index is 11.0. The van der Waals surface area contributed by atoms with Crippen LogP contribution < -0.4 is 0 Å². The van der Waals surface area contributed by atoms with Crippen molar-refractivity contribution >= 4 is 17.0 Å². The summed E-state index contributed by atoms with van der Waals surface area (Å²) in [6.45, 7) is 1.33. The van der Waals surface area contributed by atoms with Gasteiger partial charge >= 0.3 is 5.43 Å². The lowest BCUT2D eigenvalue weighted by atomic mass is 10.2. The van der Waals surface area contributed by atoms with Gasteiger partial charge in [0.2, 0.25) is 0 Å². The van der Waals surface area contributed by atoms with Crippen molar-refractivity contribution in [1.82, 2.24) is 0 Å². The molecule has 0 bridgehead atoms. The minimum absolute atomic E-state index is 0.224. The van der Waals surface area contributed by atoms with Gasteiger partial charge in [0.05, 0.1) is 26.4 Å².